The second kappa shape index (κ2) is 10.1. The highest BCUT2D eigenvalue weighted by Gasteiger charge is 2.15. The fourth-order valence-electron chi connectivity index (χ4n) is 3.63. The molecule has 1 atom stereocenters. The van der Waals surface area contributed by atoms with Crippen LogP contribution in [-0.4, -0.2) is 21.9 Å². The Morgan fingerprint density at radius 1 is 1.10 bits per heavy atom. The van der Waals surface area contributed by atoms with Gasteiger partial charge in [-0.2, -0.15) is 0 Å². The van der Waals surface area contributed by atoms with Crippen molar-refractivity contribution in [3.63, 3.8) is 0 Å². The van der Waals surface area contributed by atoms with E-state index in [-0.39, 0.29) is 11.9 Å². The summed E-state index contributed by atoms with van der Waals surface area (Å²) < 4.78 is 0.794. The molecule has 1 aliphatic carbocycles. The minimum Gasteiger partial charge on any atom is -0.356 e. The predicted molar refractivity (Wildman–Crippen MR) is 124 cm³/mol. The molecule has 7 heteroatoms. The zero-order chi connectivity index (χ0) is 20.8. The molecule has 156 valence electrons. The van der Waals surface area contributed by atoms with Gasteiger partial charge in [0.15, 0.2) is 4.34 Å². The number of aryl methyl sites for hydroxylation is 2. The minimum atomic E-state index is 0.00264. The number of benzene rings is 2. The molecule has 1 aliphatic rings. The number of nitrogens with zero attached hydrogens (tertiary/aromatic N) is 2. The van der Waals surface area contributed by atoms with Crippen LogP contribution in [0, 0.1) is 0 Å². The van der Waals surface area contributed by atoms with Gasteiger partial charge in [0.25, 0.3) is 0 Å². The minimum absolute atomic E-state index is 0.00264. The second-order valence-corrected chi connectivity index (χ2v) is 9.73. The van der Waals surface area contributed by atoms with Crippen molar-refractivity contribution in [2.24, 2.45) is 0 Å². The number of nitrogens with one attached hydrogen (secondary N) is 2. The number of thioether (sulfide) groups is 1. The molecule has 2 aromatic carbocycles. The molecule has 0 unspecified atom stereocenters. The van der Waals surface area contributed by atoms with Crippen molar-refractivity contribution in [2.75, 3.05) is 11.1 Å². The molecular formula is C23H26N4OS2. The summed E-state index contributed by atoms with van der Waals surface area (Å²) in [6.45, 7) is 2.75. The third kappa shape index (κ3) is 5.61. The number of carbonyl (C=O) groups is 1. The third-order valence-corrected chi connectivity index (χ3v) is 7.28. The molecule has 1 heterocycles. The van der Waals surface area contributed by atoms with Gasteiger partial charge in [-0.3, -0.25) is 4.79 Å². The van der Waals surface area contributed by atoms with Crippen molar-refractivity contribution in [1.29, 1.82) is 0 Å². The fraction of sp³-hybridized carbons (Fsp3) is 0.348. The van der Waals surface area contributed by atoms with Crippen LogP contribution in [0.5, 0.6) is 0 Å². The Hall–Kier alpha value is -2.38. The Morgan fingerprint density at radius 3 is 2.73 bits per heavy atom. The van der Waals surface area contributed by atoms with Gasteiger partial charge >= 0.3 is 0 Å². The Balaban J connectivity index is 1.24. The number of carbonyl (C=O) groups excluding carboxylic acids is 1. The van der Waals surface area contributed by atoms with E-state index in [1.54, 1.807) is 0 Å². The van der Waals surface area contributed by atoms with Gasteiger partial charge in [-0.05, 0) is 54.9 Å². The van der Waals surface area contributed by atoms with Gasteiger partial charge in [-0.15, -0.1) is 10.2 Å². The Morgan fingerprint density at radius 2 is 1.90 bits per heavy atom. The van der Waals surface area contributed by atoms with E-state index in [4.69, 9.17) is 0 Å². The average Bonchev–Trinajstić information content (AvgIpc) is 3.24. The van der Waals surface area contributed by atoms with E-state index in [1.807, 2.05) is 25.1 Å². The average molecular weight is 439 g/mol. The van der Waals surface area contributed by atoms with Crippen molar-refractivity contribution in [3.8, 4) is 0 Å². The topological polar surface area (TPSA) is 66.9 Å². The van der Waals surface area contributed by atoms with Crippen LogP contribution >= 0.6 is 23.1 Å². The van der Waals surface area contributed by atoms with Gasteiger partial charge in [0.1, 0.15) is 0 Å². The summed E-state index contributed by atoms with van der Waals surface area (Å²) in [6.07, 6.45) is 4.87. The van der Waals surface area contributed by atoms with E-state index in [0.717, 1.165) is 15.9 Å². The highest BCUT2D eigenvalue weighted by Crippen LogP contribution is 2.27. The maximum absolute atomic E-state index is 12.4. The maximum Gasteiger partial charge on any atom is 0.230 e. The van der Waals surface area contributed by atoms with Crippen LogP contribution < -0.4 is 10.6 Å². The first-order valence-corrected chi connectivity index (χ1v) is 12.1. The molecule has 0 bridgehead atoms. The SMILES string of the molecule is C[C@@H](NC(=O)CSc1nnc(NCc2ccccc2)s1)c1ccc2c(c1)CCCC2. The summed E-state index contributed by atoms with van der Waals surface area (Å²) in [5.74, 6) is 0.349. The fourth-order valence-corrected chi connectivity index (χ4v) is 5.19. The quantitative estimate of drug-likeness (QED) is 0.485. The van der Waals surface area contributed by atoms with E-state index < -0.39 is 0 Å². The lowest BCUT2D eigenvalue weighted by atomic mass is 9.89. The molecule has 0 spiro atoms. The number of aromatic nitrogens is 2. The molecule has 3 aromatic rings. The maximum atomic E-state index is 12.4. The predicted octanol–water partition coefficient (Wildman–Crippen LogP) is 5.00. The van der Waals surface area contributed by atoms with Crippen LogP contribution in [0.15, 0.2) is 52.9 Å². The van der Waals surface area contributed by atoms with E-state index in [0.29, 0.717) is 12.3 Å². The number of amides is 1. The third-order valence-electron chi connectivity index (χ3n) is 5.27. The number of anilines is 1. The number of fused-ring (bicyclic) bond motifs is 1. The number of rotatable bonds is 8. The monoisotopic (exact) mass is 438 g/mol. The van der Waals surface area contributed by atoms with Crippen LogP contribution in [0.3, 0.4) is 0 Å². The van der Waals surface area contributed by atoms with Crippen molar-refractivity contribution in [3.05, 3.63) is 70.8 Å². The van der Waals surface area contributed by atoms with Crippen LogP contribution in [0.25, 0.3) is 0 Å². The largest absolute Gasteiger partial charge is 0.356 e. The molecule has 0 fully saturated rings. The summed E-state index contributed by atoms with van der Waals surface area (Å²) in [7, 11) is 0. The summed E-state index contributed by atoms with van der Waals surface area (Å²) in [6, 6.07) is 16.8. The van der Waals surface area contributed by atoms with Gasteiger partial charge in [0.2, 0.25) is 11.0 Å². The summed E-state index contributed by atoms with van der Waals surface area (Å²) in [5, 5.41) is 15.5. The van der Waals surface area contributed by atoms with E-state index in [9.17, 15) is 4.79 Å². The smallest absolute Gasteiger partial charge is 0.230 e. The highest BCUT2D eigenvalue weighted by molar-refractivity contribution is 8.01. The Labute approximate surface area is 185 Å². The van der Waals surface area contributed by atoms with Gasteiger partial charge in [0, 0.05) is 6.54 Å². The zero-order valence-corrected chi connectivity index (χ0v) is 18.7. The second-order valence-electron chi connectivity index (χ2n) is 7.53. The van der Waals surface area contributed by atoms with Crippen molar-refractivity contribution in [2.45, 2.75) is 49.5 Å². The Bertz CT molecular complexity index is 990. The van der Waals surface area contributed by atoms with Crippen LogP contribution in [0.4, 0.5) is 5.13 Å². The van der Waals surface area contributed by atoms with Gasteiger partial charge in [0.05, 0.1) is 11.8 Å². The van der Waals surface area contributed by atoms with Crippen molar-refractivity contribution in [1.82, 2.24) is 15.5 Å². The lowest BCUT2D eigenvalue weighted by molar-refractivity contribution is -0.119. The first kappa shape index (κ1) is 20.9. The molecule has 1 aromatic heterocycles. The Kier molecular flexibility index (Phi) is 7.02. The van der Waals surface area contributed by atoms with E-state index in [2.05, 4.69) is 51.2 Å². The standard InChI is InChI=1S/C23H26N4OS2/c1-16(19-12-11-18-9-5-6-10-20(18)13-19)25-21(28)15-29-23-27-26-22(30-23)24-14-17-7-3-2-4-8-17/h2-4,7-8,11-13,16H,5-6,9-10,14-15H2,1H3,(H,24,26)(H,25,28)/t16-/m1/s1. The molecule has 0 radical (unpaired) electrons. The number of hydrogen-bond donors (Lipinski definition) is 2. The van der Waals surface area contributed by atoms with Crippen LogP contribution in [0.2, 0.25) is 0 Å². The molecule has 0 aliphatic heterocycles. The number of hydrogen-bond acceptors (Lipinski definition) is 6. The first-order chi connectivity index (χ1) is 14.7. The molecule has 0 saturated heterocycles. The molecule has 2 N–H and O–H groups in total. The van der Waals surface area contributed by atoms with E-state index >= 15 is 0 Å². The van der Waals surface area contributed by atoms with E-state index in [1.165, 1.54) is 64.6 Å². The normalized spacial score (nSPS) is 14.0. The summed E-state index contributed by atoms with van der Waals surface area (Å²) in [4.78, 5) is 12.4. The summed E-state index contributed by atoms with van der Waals surface area (Å²) >= 11 is 2.90. The highest BCUT2D eigenvalue weighted by atomic mass is 32.2. The molecular weight excluding hydrogens is 412 g/mol. The van der Waals surface area contributed by atoms with Crippen molar-refractivity contribution < 1.29 is 4.79 Å². The molecule has 5 nitrogen and oxygen atoms in total. The molecule has 1 amide bonds. The first-order valence-electron chi connectivity index (χ1n) is 10.3. The van der Waals surface area contributed by atoms with Crippen molar-refractivity contribution >= 4 is 34.1 Å². The molecule has 30 heavy (non-hydrogen) atoms. The summed E-state index contributed by atoms with van der Waals surface area (Å²) in [5.41, 5.74) is 5.28. The van der Waals surface area contributed by atoms with Gasteiger partial charge in [-0.25, -0.2) is 0 Å². The van der Waals surface area contributed by atoms with Gasteiger partial charge in [-0.1, -0.05) is 71.6 Å². The van der Waals surface area contributed by atoms with Crippen LogP contribution in [0.1, 0.15) is 48.1 Å². The van der Waals surface area contributed by atoms with Crippen LogP contribution in [-0.2, 0) is 24.2 Å². The zero-order valence-electron chi connectivity index (χ0n) is 17.1. The molecule has 0 saturated carbocycles. The lowest BCUT2D eigenvalue weighted by Gasteiger charge is -2.20. The molecule has 4 rings (SSSR count). The van der Waals surface area contributed by atoms with Gasteiger partial charge < -0.3 is 10.6 Å². The lowest BCUT2D eigenvalue weighted by Crippen LogP contribution is -2.28.